The molecule has 1 aliphatic heterocycles. The van der Waals surface area contributed by atoms with E-state index in [0.717, 1.165) is 4.90 Å². The third-order valence-corrected chi connectivity index (χ3v) is 6.49. The van der Waals surface area contributed by atoms with E-state index in [1.807, 2.05) is 0 Å². The average molecular weight is 595 g/mol. The number of carbonyl (C=O) groups is 2. The molecule has 13 nitrogen and oxygen atoms in total. The molecule has 5 aromatic rings. The van der Waals surface area contributed by atoms with Crippen molar-refractivity contribution in [3.05, 3.63) is 66.3 Å². The first kappa shape index (κ1) is 27.8. The maximum atomic E-state index is 12.9. The lowest BCUT2D eigenvalue weighted by atomic mass is 10.1. The van der Waals surface area contributed by atoms with E-state index in [1.54, 1.807) is 55.6 Å². The molecule has 1 saturated heterocycles. The molecule has 4 aromatic heterocycles. The van der Waals surface area contributed by atoms with Crippen LogP contribution in [-0.4, -0.2) is 70.5 Å². The number of rotatable bonds is 7. The highest BCUT2D eigenvalue weighted by molar-refractivity contribution is 5.89. The zero-order valence-corrected chi connectivity index (χ0v) is 22.1. The molecule has 1 aliphatic rings. The lowest BCUT2D eigenvalue weighted by Crippen LogP contribution is -2.46. The maximum Gasteiger partial charge on any atom is 0.491 e. The number of amides is 1. The number of aryl methyl sites for hydroxylation is 1. The number of nitrogens with one attached hydrogen (secondary N) is 1. The first-order chi connectivity index (χ1) is 20.5. The van der Waals surface area contributed by atoms with Gasteiger partial charge in [0.25, 0.3) is 11.7 Å². The molecule has 1 amide bonds. The standard InChI is InChI=1S/C27H20F3N7O6/c1-14-33-23(36-43-14)18-6-5-16(12-32-18)41-21-11-20-19(34-22(35-20)17-4-2-3-8-31-17)10-15(21)13-37-9-7-26(40,24(37)38)42-25(39)27(28,29)30/h2-6,8,10-12,40H,7,9,13H2,1H3,(H,34,35). The molecular weight excluding hydrogens is 575 g/mol. The van der Waals surface area contributed by atoms with Crippen molar-refractivity contribution < 1.29 is 41.9 Å². The predicted octanol–water partition coefficient (Wildman–Crippen LogP) is 3.70. The van der Waals surface area contributed by atoms with Crippen molar-refractivity contribution in [3.63, 3.8) is 0 Å². The number of hydrogen-bond donors (Lipinski definition) is 2. The minimum absolute atomic E-state index is 0.194. The van der Waals surface area contributed by atoms with Crippen molar-refractivity contribution in [2.24, 2.45) is 0 Å². The van der Waals surface area contributed by atoms with E-state index in [-0.39, 0.29) is 24.7 Å². The molecule has 2 N–H and O–H groups in total. The number of H-pyrrole nitrogens is 1. The van der Waals surface area contributed by atoms with Gasteiger partial charge in [0, 0.05) is 44.3 Å². The lowest BCUT2D eigenvalue weighted by Gasteiger charge is -2.23. The van der Waals surface area contributed by atoms with Crippen LogP contribution in [0, 0.1) is 6.92 Å². The highest BCUT2D eigenvalue weighted by atomic mass is 19.4. The Morgan fingerprint density at radius 1 is 1.16 bits per heavy atom. The number of hydrogen-bond acceptors (Lipinski definition) is 11. The number of nitrogens with zero attached hydrogens (tertiary/aromatic N) is 6. The normalized spacial score (nSPS) is 17.0. The van der Waals surface area contributed by atoms with Gasteiger partial charge in [-0.2, -0.15) is 18.2 Å². The SMILES string of the molecule is Cc1nc(-c2ccc(Oc3cc4nc(-c5ccccn5)[nH]c4cc3CN3CCC(O)(OC(=O)C(F)(F)F)C3=O)cn2)no1. The van der Waals surface area contributed by atoms with Crippen molar-refractivity contribution >= 4 is 22.9 Å². The second-order valence-corrected chi connectivity index (χ2v) is 9.54. The zero-order valence-electron chi connectivity index (χ0n) is 22.1. The second kappa shape index (κ2) is 10.5. The van der Waals surface area contributed by atoms with Crippen molar-refractivity contribution in [3.8, 4) is 34.5 Å². The number of imidazole rings is 1. The molecule has 0 radical (unpaired) electrons. The van der Waals surface area contributed by atoms with Gasteiger partial charge in [0.15, 0.2) is 5.82 Å². The largest absolute Gasteiger partial charge is 0.491 e. The third kappa shape index (κ3) is 5.59. The number of benzene rings is 1. The van der Waals surface area contributed by atoms with E-state index in [2.05, 4.69) is 34.8 Å². The number of fused-ring (bicyclic) bond motifs is 1. The van der Waals surface area contributed by atoms with Gasteiger partial charge in [-0.05, 0) is 30.3 Å². The van der Waals surface area contributed by atoms with Crippen LogP contribution in [0.4, 0.5) is 13.2 Å². The van der Waals surface area contributed by atoms with Crippen LogP contribution in [0.15, 0.2) is 59.4 Å². The summed E-state index contributed by atoms with van der Waals surface area (Å²) in [6.45, 7) is 1.24. The Morgan fingerprint density at radius 2 is 2.00 bits per heavy atom. The first-order valence-electron chi connectivity index (χ1n) is 12.7. The number of esters is 1. The fourth-order valence-electron chi connectivity index (χ4n) is 4.43. The van der Waals surface area contributed by atoms with E-state index in [1.165, 1.54) is 6.20 Å². The summed E-state index contributed by atoms with van der Waals surface area (Å²) in [5, 5.41) is 14.3. The Kier molecular flexibility index (Phi) is 6.76. The van der Waals surface area contributed by atoms with Crippen LogP contribution in [0.2, 0.25) is 0 Å². The smallest absolute Gasteiger partial charge is 0.455 e. The highest BCUT2D eigenvalue weighted by Crippen LogP contribution is 2.35. The van der Waals surface area contributed by atoms with Crippen LogP contribution in [-0.2, 0) is 20.9 Å². The molecule has 1 aromatic carbocycles. The van der Waals surface area contributed by atoms with E-state index in [9.17, 15) is 27.9 Å². The Labute approximate surface area is 239 Å². The van der Waals surface area contributed by atoms with Crippen LogP contribution in [0.1, 0.15) is 17.9 Å². The summed E-state index contributed by atoms with van der Waals surface area (Å²) in [4.78, 5) is 45.8. The molecule has 0 saturated carbocycles. The van der Waals surface area contributed by atoms with Crippen LogP contribution >= 0.6 is 0 Å². The van der Waals surface area contributed by atoms with Gasteiger partial charge < -0.3 is 29.0 Å². The minimum Gasteiger partial charge on any atom is -0.455 e. The molecule has 0 spiro atoms. The Balaban J connectivity index is 1.31. The van der Waals surface area contributed by atoms with E-state index >= 15 is 0 Å². The van der Waals surface area contributed by atoms with Crippen LogP contribution in [0.3, 0.4) is 0 Å². The van der Waals surface area contributed by atoms with Gasteiger partial charge in [0.2, 0.25) is 11.7 Å². The maximum absolute atomic E-state index is 12.9. The van der Waals surface area contributed by atoms with Crippen LogP contribution in [0.25, 0.3) is 34.1 Å². The van der Waals surface area contributed by atoms with Gasteiger partial charge in [-0.3, -0.25) is 9.78 Å². The number of ether oxygens (including phenoxy) is 2. The zero-order chi connectivity index (χ0) is 30.4. The van der Waals surface area contributed by atoms with Crippen LogP contribution < -0.4 is 4.74 Å². The van der Waals surface area contributed by atoms with Crippen molar-refractivity contribution in [1.29, 1.82) is 0 Å². The first-order valence-corrected chi connectivity index (χ1v) is 12.7. The fraction of sp³-hybridized carbons (Fsp3) is 0.222. The Bertz CT molecular complexity index is 1820. The number of aliphatic hydroxyl groups is 1. The molecule has 1 unspecified atom stereocenters. The summed E-state index contributed by atoms with van der Waals surface area (Å²) < 4.78 is 53.5. The summed E-state index contributed by atoms with van der Waals surface area (Å²) in [6, 6.07) is 11.8. The topological polar surface area (TPSA) is 169 Å². The molecule has 43 heavy (non-hydrogen) atoms. The quantitative estimate of drug-likeness (QED) is 0.208. The lowest BCUT2D eigenvalue weighted by molar-refractivity contribution is -0.241. The van der Waals surface area contributed by atoms with Crippen molar-refractivity contribution in [2.45, 2.75) is 31.9 Å². The summed E-state index contributed by atoms with van der Waals surface area (Å²) in [5.74, 6) is -5.15. The van der Waals surface area contributed by atoms with E-state index in [0.29, 0.717) is 45.4 Å². The van der Waals surface area contributed by atoms with Gasteiger partial charge in [-0.25, -0.2) is 14.8 Å². The Hall–Kier alpha value is -5.38. The molecule has 6 rings (SSSR count). The average Bonchev–Trinajstić information content (AvgIpc) is 3.67. The van der Waals surface area contributed by atoms with Crippen LogP contribution in [0.5, 0.6) is 11.5 Å². The van der Waals surface area contributed by atoms with Gasteiger partial charge in [-0.15, -0.1) is 0 Å². The molecular formula is C27H20F3N7O6. The summed E-state index contributed by atoms with van der Waals surface area (Å²) in [6.07, 6.45) is -2.90. The van der Waals surface area contributed by atoms with Gasteiger partial charge >= 0.3 is 12.1 Å². The summed E-state index contributed by atoms with van der Waals surface area (Å²) >= 11 is 0. The van der Waals surface area contributed by atoms with Gasteiger partial charge in [0.1, 0.15) is 22.9 Å². The number of pyridine rings is 2. The van der Waals surface area contributed by atoms with Gasteiger partial charge in [-0.1, -0.05) is 11.2 Å². The minimum atomic E-state index is -5.38. The molecule has 0 bridgehead atoms. The van der Waals surface area contributed by atoms with E-state index in [4.69, 9.17) is 9.26 Å². The monoisotopic (exact) mass is 595 g/mol. The molecule has 1 atom stereocenters. The number of halogens is 3. The fourth-order valence-corrected chi connectivity index (χ4v) is 4.43. The number of carbonyl (C=O) groups excluding carboxylic acids is 2. The van der Waals surface area contributed by atoms with E-state index < -0.39 is 30.3 Å². The Morgan fingerprint density at radius 3 is 2.67 bits per heavy atom. The van der Waals surface area contributed by atoms with Gasteiger partial charge in [0.05, 0.1) is 17.2 Å². The molecule has 1 fully saturated rings. The number of aromatic nitrogens is 6. The second-order valence-electron chi connectivity index (χ2n) is 9.54. The summed E-state index contributed by atoms with van der Waals surface area (Å²) in [7, 11) is 0. The molecule has 5 heterocycles. The molecule has 220 valence electrons. The highest BCUT2D eigenvalue weighted by Gasteiger charge is 2.53. The van der Waals surface area contributed by atoms with Crippen molar-refractivity contribution in [1.82, 2.24) is 35.0 Å². The molecule has 16 heteroatoms. The predicted molar refractivity (Wildman–Crippen MR) is 139 cm³/mol. The summed E-state index contributed by atoms with van der Waals surface area (Å²) in [5.41, 5.74) is 2.46. The molecule has 0 aliphatic carbocycles. The van der Waals surface area contributed by atoms with Crippen molar-refractivity contribution in [2.75, 3.05) is 6.54 Å². The third-order valence-electron chi connectivity index (χ3n) is 6.49. The number of alkyl halides is 3. The number of likely N-dealkylation sites (tertiary alicyclic amines) is 1. The number of aromatic amines is 1.